The minimum atomic E-state index is 1.07. The summed E-state index contributed by atoms with van der Waals surface area (Å²) >= 11 is 2.40. The van der Waals surface area contributed by atoms with Crippen molar-refractivity contribution in [2.24, 2.45) is 0 Å². The summed E-state index contributed by atoms with van der Waals surface area (Å²) in [6.45, 7) is 1.10. The van der Waals surface area contributed by atoms with Crippen LogP contribution >= 0.6 is 22.6 Å². The van der Waals surface area contributed by atoms with E-state index in [1.54, 1.807) is 0 Å². The van der Waals surface area contributed by atoms with Crippen LogP contribution in [0.1, 0.15) is 11.1 Å². The van der Waals surface area contributed by atoms with Crippen LogP contribution in [-0.4, -0.2) is 30.5 Å². The standard InChI is InChI=1S/C13H17IN2/c1-16(2)6-5-11-9-15-13-7-10(8-14)3-4-12(11)13/h3-4,7,9,15H,5-6,8H2,1-2H3. The Bertz CT molecular complexity index is 474. The first kappa shape index (κ1) is 11.9. The fourth-order valence-corrected chi connectivity index (χ4v) is 2.34. The Kier molecular flexibility index (Phi) is 3.86. The zero-order valence-corrected chi connectivity index (χ0v) is 11.9. The highest BCUT2D eigenvalue weighted by atomic mass is 127. The average molecular weight is 328 g/mol. The van der Waals surface area contributed by atoms with Gasteiger partial charge in [-0.25, -0.2) is 0 Å². The maximum absolute atomic E-state index is 3.36. The number of nitrogens with one attached hydrogen (secondary N) is 1. The third-order valence-electron chi connectivity index (χ3n) is 2.81. The number of fused-ring (bicyclic) bond motifs is 1. The lowest BCUT2D eigenvalue weighted by Gasteiger charge is -2.08. The molecule has 16 heavy (non-hydrogen) atoms. The highest BCUT2D eigenvalue weighted by Crippen LogP contribution is 2.21. The molecule has 1 heterocycles. The molecule has 0 radical (unpaired) electrons. The van der Waals surface area contributed by atoms with Gasteiger partial charge >= 0.3 is 0 Å². The molecule has 0 unspecified atom stereocenters. The Morgan fingerprint density at radius 3 is 2.81 bits per heavy atom. The molecule has 0 saturated heterocycles. The number of H-pyrrole nitrogens is 1. The van der Waals surface area contributed by atoms with Gasteiger partial charge in [-0.15, -0.1) is 0 Å². The van der Waals surface area contributed by atoms with Crippen LogP contribution in [0.25, 0.3) is 10.9 Å². The molecular weight excluding hydrogens is 311 g/mol. The van der Waals surface area contributed by atoms with Gasteiger partial charge in [0.25, 0.3) is 0 Å². The molecule has 2 aromatic rings. The molecule has 1 aromatic carbocycles. The number of hydrogen-bond acceptors (Lipinski definition) is 1. The van der Waals surface area contributed by atoms with E-state index < -0.39 is 0 Å². The third-order valence-corrected chi connectivity index (χ3v) is 3.70. The van der Waals surface area contributed by atoms with Crippen molar-refractivity contribution < 1.29 is 0 Å². The minimum Gasteiger partial charge on any atom is -0.361 e. The second-order valence-corrected chi connectivity index (χ2v) is 5.14. The van der Waals surface area contributed by atoms with Crippen molar-refractivity contribution in [3.63, 3.8) is 0 Å². The van der Waals surface area contributed by atoms with Crippen molar-refractivity contribution in [1.82, 2.24) is 9.88 Å². The van der Waals surface area contributed by atoms with Crippen LogP contribution in [0.15, 0.2) is 24.4 Å². The molecule has 2 nitrogen and oxygen atoms in total. The molecular formula is C13H17IN2. The summed E-state index contributed by atoms with van der Waals surface area (Å²) in [4.78, 5) is 5.59. The molecule has 86 valence electrons. The molecule has 0 amide bonds. The SMILES string of the molecule is CN(C)CCc1c[nH]c2cc(CI)ccc12. The number of rotatable bonds is 4. The van der Waals surface area contributed by atoms with Gasteiger partial charge in [0.2, 0.25) is 0 Å². The molecule has 0 aliphatic heterocycles. The van der Waals surface area contributed by atoms with E-state index in [1.807, 2.05) is 0 Å². The summed E-state index contributed by atoms with van der Waals surface area (Å²) in [6, 6.07) is 6.72. The number of aromatic amines is 1. The van der Waals surface area contributed by atoms with Crippen LogP contribution in [0.2, 0.25) is 0 Å². The number of nitrogens with zero attached hydrogens (tertiary/aromatic N) is 1. The molecule has 1 N–H and O–H groups in total. The number of likely N-dealkylation sites (N-methyl/N-ethyl adjacent to an activating group) is 1. The normalized spacial score (nSPS) is 11.5. The maximum atomic E-state index is 3.36. The molecule has 0 saturated carbocycles. The second kappa shape index (κ2) is 5.19. The Hall–Kier alpha value is -0.550. The number of benzene rings is 1. The first-order chi connectivity index (χ1) is 7.70. The molecule has 0 aliphatic rings. The van der Waals surface area contributed by atoms with Crippen LogP contribution < -0.4 is 0 Å². The average Bonchev–Trinajstić information content (AvgIpc) is 2.68. The van der Waals surface area contributed by atoms with Crippen molar-refractivity contribution in [2.75, 3.05) is 20.6 Å². The second-order valence-electron chi connectivity index (χ2n) is 4.38. The number of halogens is 1. The van der Waals surface area contributed by atoms with Crippen LogP contribution in [0, 0.1) is 0 Å². The zero-order chi connectivity index (χ0) is 11.5. The van der Waals surface area contributed by atoms with E-state index in [4.69, 9.17) is 0 Å². The van der Waals surface area contributed by atoms with Gasteiger partial charge in [0, 0.05) is 28.1 Å². The van der Waals surface area contributed by atoms with Crippen molar-refractivity contribution in [1.29, 1.82) is 0 Å². The van der Waals surface area contributed by atoms with Crippen LogP contribution in [0.4, 0.5) is 0 Å². The Morgan fingerprint density at radius 2 is 2.12 bits per heavy atom. The van der Waals surface area contributed by atoms with Crippen LogP contribution in [-0.2, 0) is 10.8 Å². The van der Waals surface area contributed by atoms with Gasteiger partial charge in [-0.2, -0.15) is 0 Å². The van der Waals surface area contributed by atoms with Crippen molar-refractivity contribution >= 4 is 33.5 Å². The minimum absolute atomic E-state index is 1.07. The Balaban J connectivity index is 2.27. The van der Waals surface area contributed by atoms with Crippen molar-refractivity contribution in [2.45, 2.75) is 10.8 Å². The quantitative estimate of drug-likeness (QED) is 0.675. The van der Waals surface area contributed by atoms with Gasteiger partial charge in [0.1, 0.15) is 0 Å². The van der Waals surface area contributed by atoms with Crippen molar-refractivity contribution in [3.05, 3.63) is 35.5 Å². The summed E-state index contributed by atoms with van der Waals surface area (Å²) in [5, 5.41) is 1.37. The van der Waals surface area contributed by atoms with Gasteiger partial charge in [-0.05, 0) is 37.7 Å². The Labute approximate surface area is 110 Å². The van der Waals surface area contributed by atoms with Crippen LogP contribution in [0.5, 0.6) is 0 Å². The van der Waals surface area contributed by atoms with E-state index in [9.17, 15) is 0 Å². The van der Waals surface area contributed by atoms with Crippen LogP contribution in [0.3, 0.4) is 0 Å². The summed E-state index contributed by atoms with van der Waals surface area (Å²) in [5.41, 5.74) is 4.07. The van der Waals surface area contributed by atoms with Crippen molar-refractivity contribution in [3.8, 4) is 0 Å². The lowest BCUT2D eigenvalue weighted by atomic mass is 10.1. The molecule has 0 spiro atoms. The highest BCUT2D eigenvalue weighted by molar-refractivity contribution is 14.1. The van der Waals surface area contributed by atoms with Gasteiger partial charge in [0.15, 0.2) is 0 Å². The smallest absolute Gasteiger partial charge is 0.0459 e. The Morgan fingerprint density at radius 1 is 1.31 bits per heavy atom. The fraction of sp³-hybridized carbons (Fsp3) is 0.385. The first-order valence-electron chi connectivity index (χ1n) is 5.50. The van der Waals surface area contributed by atoms with Gasteiger partial charge in [-0.3, -0.25) is 0 Å². The number of alkyl halides is 1. The van der Waals surface area contributed by atoms with E-state index >= 15 is 0 Å². The fourth-order valence-electron chi connectivity index (χ4n) is 1.87. The predicted molar refractivity (Wildman–Crippen MR) is 78.3 cm³/mol. The highest BCUT2D eigenvalue weighted by Gasteiger charge is 2.04. The zero-order valence-electron chi connectivity index (χ0n) is 9.76. The first-order valence-corrected chi connectivity index (χ1v) is 7.03. The summed E-state index contributed by atoms with van der Waals surface area (Å²) in [7, 11) is 4.23. The molecule has 3 heteroatoms. The van der Waals surface area contributed by atoms with E-state index in [1.165, 1.54) is 22.0 Å². The topological polar surface area (TPSA) is 19.0 Å². The summed E-state index contributed by atoms with van der Waals surface area (Å²) in [6.07, 6.45) is 3.25. The van der Waals surface area contributed by atoms with E-state index in [0.29, 0.717) is 0 Å². The lowest BCUT2D eigenvalue weighted by Crippen LogP contribution is -2.14. The summed E-state index contributed by atoms with van der Waals surface area (Å²) < 4.78 is 1.07. The largest absolute Gasteiger partial charge is 0.361 e. The van der Waals surface area contributed by atoms with Gasteiger partial charge in [0.05, 0.1) is 0 Å². The molecule has 0 bridgehead atoms. The van der Waals surface area contributed by atoms with E-state index in [2.05, 4.69) is 71.0 Å². The number of hydrogen-bond donors (Lipinski definition) is 1. The maximum Gasteiger partial charge on any atom is 0.0459 e. The predicted octanol–water partition coefficient (Wildman–Crippen LogP) is 3.21. The monoisotopic (exact) mass is 328 g/mol. The number of aromatic nitrogens is 1. The molecule has 0 aliphatic carbocycles. The lowest BCUT2D eigenvalue weighted by molar-refractivity contribution is 0.414. The van der Waals surface area contributed by atoms with E-state index in [0.717, 1.165) is 17.4 Å². The van der Waals surface area contributed by atoms with E-state index in [-0.39, 0.29) is 0 Å². The summed E-state index contributed by atoms with van der Waals surface area (Å²) in [5.74, 6) is 0. The third kappa shape index (κ3) is 2.58. The van der Waals surface area contributed by atoms with Gasteiger partial charge < -0.3 is 9.88 Å². The molecule has 1 aromatic heterocycles. The van der Waals surface area contributed by atoms with Gasteiger partial charge in [-0.1, -0.05) is 34.7 Å². The molecule has 0 fully saturated rings. The molecule has 2 rings (SSSR count). The molecule has 0 atom stereocenters.